The van der Waals surface area contributed by atoms with E-state index in [0.29, 0.717) is 26.1 Å². The Labute approximate surface area is 136 Å². The number of aliphatic hydroxyl groups is 1. The zero-order valence-corrected chi connectivity index (χ0v) is 13.4. The fraction of sp³-hybridized carbons (Fsp3) is 0.533. The normalized spacial score (nSPS) is 20.1. The molecule has 0 aromatic heterocycles. The van der Waals surface area contributed by atoms with Crippen LogP contribution in [-0.4, -0.2) is 50.0 Å². The van der Waals surface area contributed by atoms with E-state index in [4.69, 9.17) is 9.47 Å². The molecule has 0 aliphatic carbocycles. The van der Waals surface area contributed by atoms with Gasteiger partial charge in [-0.2, -0.15) is 0 Å². The molecule has 7 heteroatoms. The van der Waals surface area contributed by atoms with Gasteiger partial charge in [0.15, 0.2) is 0 Å². The summed E-state index contributed by atoms with van der Waals surface area (Å²) in [5.74, 6) is 1.51. The quantitative estimate of drug-likeness (QED) is 0.642. The van der Waals surface area contributed by atoms with Crippen molar-refractivity contribution in [3.63, 3.8) is 0 Å². The molecule has 124 valence electrons. The Hall–Kier alpha value is -1.50. The van der Waals surface area contributed by atoms with Crippen molar-refractivity contribution in [2.24, 2.45) is 0 Å². The van der Waals surface area contributed by atoms with Crippen LogP contribution in [0.5, 0.6) is 11.5 Å². The summed E-state index contributed by atoms with van der Waals surface area (Å²) < 4.78 is 10.6. The Kier molecular flexibility index (Phi) is 8.01. The molecule has 1 saturated heterocycles. The zero-order valence-electron chi connectivity index (χ0n) is 12.6. The number of hydrogen-bond acceptors (Lipinski definition) is 5. The minimum absolute atomic E-state index is 0. The first kappa shape index (κ1) is 18.5. The molecule has 22 heavy (non-hydrogen) atoms. The van der Waals surface area contributed by atoms with Crippen molar-refractivity contribution in [2.75, 3.05) is 26.8 Å². The predicted molar refractivity (Wildman–Crippen MR) is 85.8 cm³/mol. The van der Waals surface area contributed by atoms with Gasteiger partial charge in [0.2, 0.25) is 5.91 Å². The van der Waals surface area contributed by atoms with E-state index in [0.717, 1.165) is 17.9 Å². The molecule has 1 aliphatic heterocycles. The first-order valence-corrected chi connectivity index (χ1v) is 7.15. The highest BCUT2D eigenvalue weighted by Gasteiger charge is 2.27. The van der Waals surface area contributed by atoms with Crippen molar-refractivity contribution in [1.29, 1.82) is 0 Å². The van der Waals surface area contributed by atoms with Gasteiger partial charge >= 0.3 is 0 Å². The average Bonchev–Trinajstić information content (AvgIpc) is 2.94. The molecule has 2 atom stereocenters. The standard InChI is InChI=1S/C15H22N2O4.ClH/c1-20-12-3-5-13(6-4-12)21-8-2-7-16-15(19)14-9-11(18)10-17-14;/h3-6,11,14,17-18H,2,7-10H2,1H3,(H,16,19);1H. The number of β-amino-alcohol motifs (C(OH)–C–C–N with tert-alkyl or cyclic N) is 1. The van der Waals surface area contributed by atoms with Crippen LogP contribution in [-0.2, 0) is 4.79 Å². The first-order valence-electron chi connectivity index (χ1n) is 7.15. The van der Waals surface area contributed by atoms with E-state index in [1.165, 1.54) is 0 Å². The molecule has 0 bridgehead atoms. The topological polar surface area (TPSA) is 79.8 Å². The summed E-state index contributed by atoms with van der Waals surface area (Å²) in [6.45, 7) is 1.58. The number of hydrogen-bond donors (Lipinski definition) is 3. The molecular formula is C15H23ClN2O4. The van der Waals surface area contributed by atoms with Crippen molar-refractivity contribution in [2.45, 2.75) is 25.0 Å². The number of rotatable bonds is 7. The van der Waals surface area contributed by atoms with Gasteiger partial charge in [0.05, 0.1) is 25.9 Å². The molecule has 1 heterocycles. The van der Waals surface area contributed by atoms with Crippen LogP contribution in [0.3, 0.4) is 0 Å². The number of methoxy groups -OCH3 is 1. The van der Waals surface area contributed by atoms with Crippen molar-refractivity contribution in [1.82, 2.24) is 10.6 Å². The van der Waals surface area contributed by atoms with E-state index in [2.05, 4.69) is 10.6 Å². The molecular weight excluding hydrogens is 308 g/mol. The molecule has 1 fully saturated rings. The summed E-state index contributed by atoms with van der Waals surface area (Å²) in [6, 6.07) is 7.10. The summed E-state index contributed by atoms with van der Waals surface area (Å²) in [6.07, 6.45) is 0.792. The summed E-state index contributed by atoms with van der Waals surface area (Å²) in [4.78, 5) is 11.8. The number of carbonyl (C=O) groups excluding carboxylic acids is 1. The van der Waals surface area contributed by atoms with Gasteiger partial charge < -0.3 is 25.2 Å². The highest BCUT2D eigenvalue weighted by molar-refractivity contribution is 5.85. The van der Waals surface area contributed by atoms with Crippen LogP contribution in [0.15, 0.2) is 24.3 Å². The van der Waals surface area contributed by atoms with Crippen LogP contribution in [0.2, 0.25) is 0 Å². The molecule has 1 amide bonds. The largest absolute Gasteiger partial charge is 0.497 e. The second-order valence-electron chi connectivity index (χ2n) is 5.02. The third-order valence-electron chi connectivity index (χ3n) is 3.37. The zero-order chi connectivity index (χ0) is 15.1. The number of benzene rings is 1. The van der Waals surface area contributed by atoms with Crippen LogP contribution >= 0.6 is 12.4 Å². The lowest BCUT2D eigenvalue weighted by Crippen LogP contribution is -2.40. The highest BCUT2D eigenvalue weighted by atomic mass is 35.5. The Morgan fingerprint density at radius 2 is 2.05 bits per heavy atom. The summed E-state index contributed by atoms with van der Waals surface area (Å²) in [5, 5.41) is 15.2. The Morgan fingerprint density at radius 3 is 2.64 bits per heavy atom. The van der Waals surface area contributed by atoms with Gasteiger partial charge in [0.1, 0.15) is 11.5 Å². The smallest absolute Gasteiger partial charge is 0.237 e. The van der Waals surface area contributed by atoms with Gasteiger partial charge in [-0.05, 0) is 37.1 Å². The second-order valence-corrected chi connectivity index (χ2v) is 5.02. The Morgan fingerprint density at radius 1 is 1.36 bits per heavy atom. The molecule has 0 saturated carbocycles. The lowest BCUT2D eigenvalue weighted by Gasteiger charge is -2.11. The predicted octanol–water partition coefficient (Wildman–Crippen LogP) is 0.725. The lowest BCUT2D eigenvalue weighted by molar-refractivity contribution is -0.122. The maximum absolute atomic E-state index is 11.8. The number of ether oxygens (including phenoxy) is 2. The van der Waals surface area contributed by atoms with Crippen LogP contribution in [0.1, 0.15) is 12.8 Å². The Balaban J connectivity index is 0.00000242. The summed E-state index contributed by atoms with van der Waals surface area (Å²) >= 11 is 0. The van der Waals surface area contributed by atoms with Crippen molar-refractivity contribution >= 4 is 18.3 Å². The lowest BCUT2D eigenvalue weighted by atomic mass is 10.2. The number of nitrogens with one attached hydrogen (secondary N) is 2. The fourth-order valence-corrected chi connectivity index (χ4v) is 2.19. The van der Waals surface area contributed by atoms with Gasteiger partial charge in [-0.1, -0.05) is 0 Å². The molecule has 2 rings (SSSR count). The third kappa shape index (κ3) is 5.71. The molecule has 0 radical (unpaired) electrons. The molecule has 1 aromatic carbocycles. The van der Waals surface area contributed by atoms with Crippen LogP contribution in [0.25, 0.3) is 0 Å². The van der Waals surface area contributed by atoms with Gasteiger partial charge in [-0.25, -0.2) is 0 Å². The van der Waals surface area contributed by atoms with E-state index in [9.17, 15) is 9.90 Å². The van der Waals surface area contributed by atoms with E-state index >= 15 is 0 Å². The number of amides is 1. The van der Waals surface area contributed by atoms with Gasteiger partial charge in [-0.15, -0.1) is 12.4 Å². The van der Waals surface area contributed by atoms with Crippen molar-refractivity contribution in [3.05, 3.63) is 24.3 Å². The average molecular weight is 331 g/mol. The molecule has 0 spiro atoms. The van der Waals surface area contributed by atoms with E-state index in [1.54, 1.807) is 7.11 Å². The minimum atomic E-state index is -0.417. The molecule has 1 aliphatic rings. The third-order valence-corrected chi connectivity index (χ3v) is 3.37. The van der Waals surface area contributed by atoms with E-state index in [1.807, 2.05) is 24.3 Å². The van der Waals surface area contributed by atoms with Crippen LogP contribution in [0, 0.1) is 0 Å². The number of carbonyl (C=O) groups is 1. The monoisotopic (exact) mass is 330 g/mol. The number of halogens is 1. The summed E-state index contributed by atoms with van der Waals surface area (Å²) in [7, 11) is 1.62. The van der Waals surface area contributed by atoms with Crippen LogP contribution in [0.4, 0.5) is 0 Å². The fourth-order valence-electron chi connectivity index (χ4n) is 2.19. The second kappa shape index (κ2) is 9.50. The van der Waals surface area contributed by atoms with E-state index in [-0.39, 0.29) is 24.4 Å². The maximum Gasteiger partial charge on any atom is 0.237 e. The molecule has 6 nitrogen and oxygen atoms in total. The molecule has 1 aromatic rings. The molecule has 2 unspecified atom stereocenters. The van der Waals surface area contributed by atoms with Gasteiger partial charge in [-0.3, -0.25) is 4.79 Å². The Bertz CT molecular complexity index is 455. The maximum atomic E-state index is 11.8. The van der Waals surface area contributed by atoms with Crippen molar-refractivity contribution < 1.29 is 19.4 Å². The molecule has 3 N–H and O–H groups in total. The highest BCUT2D eigenvalue weighted by Crippen LogP contribution is 2.16. The van der Waals surface area contributed by atoms with E-state index < -0.39 is 6.10 Å². The van der Waals surface area contributed by atoms with Crippen molar-refractivity contribution in [3.8, 4) is 11.5 Å². The minimum Gasteiger partial charge on any atom is -0.497 e. The number of aliphatic hydroxyl groups excluding tert-OH is 1. The first-order chi connectivity index (χ1) is 10.2. The van der Waals surface area contributed by atoms with Gasteiger partial charge in [0.25, 0.3) is 0 Å². The SMILES string of the molecule is COc1ccc(OCCCNC(=O)C2CC(O)CN2)cc1.Cl. The van der Waals surface area contributed by atoms with Crippen LogP contribution < -0.4 is 20.1 Å². The summed E-state index contributed by atoms with van der Waals surface area (Å²) in [5.41, 5.74) is 0. The van der Waals surface area contributed by atoms with Gasteiger partial charge in [0, 0.05) is 13.1 Å².